The van der Waals surface area contributed by atoms with Crippen LogP contribution in [0.3, 0.4) is 0 Å². The maximum absolute atomic E-state index is 7.17. The number of rotatable bonds is 11. The van der Waals surface area contributed by atoms with Crippen molar-refractivity contribution in [3.63, 3.8) is 0 Å². The lowest BCUT2D eigenvalue weighted by atomic mass is 9.94. The highest BCUT2D eigenvalue weighted by molar-refractivity contribution is 6.23. The Morgan fingerprint density at radius 2 is 0.553 bits per heavy atom. The fraction of sp³-hybridized carbons (Fsp3) is 0. The average Bonchev–Trinajstić information content (AvgIpc) is 1.57. The number of nitrogens with zero attached hydrogens (tertiary/aromatic N) is 4. The minimum atomic E-state index is 0.841. The second-order valence-electron chi connectivity index (χ2n) is 30.1. The zero-order valence-corrected chi connectivity index (χ0v) is 61.7. The van der Waals surface area contributed by atoms with Gasteiger partial charge < -0.3 is 27.1 Å². The van der Waals surface area contributed by atoms with Gasteiger partial charge in [-0.05, 0) is 188 Å². The first-order valence-corrected chi connectivity index (χ1v) is 39.1. The Kier molecular flexibility index (Phi) is 14.0. The van der Waals surface area contributed by atoms with Crippen molar-refractivity contribution in [3.05, 3.63) is 400 Å². The molecule has 0 unspecified atom stereocenters. The first kappa shape index (κ1) is 63.7. The van der Waals surface area contributed by atoms with Crippen molar-refractivity contribution in [3.8, 4) is 101 Å². The van der Waals surface area contributed by atoms with Gasteiger partial charge in [0.25, 0.3) is 0 Å². The van der Waals surface area contributed by atoms with Crippen LogP contribution in [-0.2, 0) is 0 Å². The average molecular weight is 1450 g/mol. The van der Waals surface area contributed by atoms with Gasteiger partial charge in [0.2, 0.25) is 0 Å². The molecule has 0 radical (unpaired) electrons. The fourth-order valence-corrected chi connectivity index (χ4v) is 19.0. The predicted molar refractivity (Wildman–Crippen MR) is 476 cm³/mol. The summed E-state index contributed by atoms with van der Waals surface area (Å²) in [5, 5.41) is 13.9. The van der Waals surface area contributed by atoms with E-state index in [0.29, 0.717) is 0 Å². The monoisotopic (exact) mass is 1450 g/mol. The third-order valence-electron chi connectivity index (χ3n) is 24.0. The van der Waals surface area contributed by atoms with Gasteiger partial charge in [0, 0.05) is 81.6 Å². The smallest absolute Gasteiger partial charge is 0.160 e. The van der Waals surface area contributed by atoms with Gasteiger partial charge >= 0.3 is 0 Å². The minimum absolute atomic E-state index is 0.841. The van der Waals surface area contributed by atoms with Gasteiger partial charge in [-0.2, -0.15) is 0 Å². The molecule has 0 aliphatic carbocycles. The highest BCUT2D eigenvalue weighted by Gasteiger charge is 2.27. The van der Waals surface area contributed by atoms with E-state index in [1.54, 1.807) is 0 Å². The van der Waals surface area contributed by atoms with Crippen LogP contribution in [0.2, 0.25) is 0 Å². The SMILES string of the molecule is c1ccc(-c2cccc(-c3ccc(-n4c5ccccc5c5ccc(-c6ccc7c(c6)c6ccccc6n7-c6cccc(-c7cccc(-c8cccc(-c9ccc(-n%10c%11ccccc%11c%11c(-c%12cccc%13c%14ccccc%14n(-c%14ccccc%14)c%12%13)cccc%11%10)c%10oc%11ccccc%11c9%10)c8)c7)c6)cc54)c4oc5ccccc5c34)c2)cc1. The summed E-state index contributed by atoms with van der Waals surface area (Å²) in [4.78, 5) is 0. The van der Waals surface area contributed by atoms with E-state index < -0.39 is 0 Å². The van der Waals surface area contributed by atoms with Crippen molar-refractivity contribution in [2.45, 2.75) is 0 Å². The number of hydrogen-bond donors (Lipinski definition) is 0. The number of aromatic nitrogens is 4. The van der Waals surface area contributed by atoms with E-state index in [1.807, 2.05) is 0 Å². The molecule has 24 rings (SSSR count). The molecule has 0 aliphatic rings. The predicted octanol–water partition coefficient (Wildman–Crippen LogP) is 29.5. The van der Waals surface area contributed by atoms with E-state index in [-0.39, 0.29) is 0 Å². The van der Waals surface area contributed by atoms with Crippen LogP contribution in [0.15, 0.2) is 409 Å². The van der Waals surface area contributed by atoms with Crippen LogP contribution >= 0.6 is 0 Å². The molecule has 6 heterocycles. The Bertz CT molecular complexity index is 8120. The molecule has 0 fully saturated rings. The topological polar surface area (TPSA) is 46.0 Å². The van der Waals surface area contributed by atoms with Gasteiger partial charge in [0.1, 0.15) is 11.2 Å². The summed E-state index contributed by atoms with van der Waals surface area (Å²) in [6.45, 7) is 0. The van der Waals surface area contributed by atoms with E-state index in [1.165, 1.54) is 76.4 Å². The summed E-state index contributed by atoms with van der Waals surface area (Å²) in [6.07, 6.45) is 0. The molecule has 0 saturated carbocycles. The largest absolute Gasteiger partial charge is 0.454 e. The molecule has 114 heavy (non-hydrogen) atoms. The molecule has 0 bridgehead atoms. The lowest BCUT2D eigenvalue weighted by Gasteiger charge is -2.14. The molecule has 6 nitrogen and oxygen atoms in total. The van der Waals surface area contributed by atoms with E-state index in [0.717, 1.165) is 155 Å². The summed E-state index contributed by atoms with van der Waals surface area (Å²) in [7, 11) is 0. The Morgan fingerprint density at radius 3 is 1.19 bits per heavy atom. The number of furan rings is 2. The highest BCUT2D eigenvalue weighted by Crippen LogP contribution is 2.50. The second kappa shape index (κ2) is 25.2. The third-order valence-corrected chi connectivity index (χ3v) is 24.0. The van der Waals surface area contributed by atoms with Gasteiger partial charge in [0.15, 0.2) is 11.2 Å². The van der Waals surface area contributed by atoms with Crippen LogP contribution in [0.4, 0.5) is 0 Å². The van der Waals surface area contributed by atoms with Crippen LogP contribution in [0.1, 0.15) is 0 Å². The summed E-state index contributed by atoms with van der Waals surface area (Å²) in [6, 6.07) is 146. The summed E-state index contributed by atoms with van der Waals surface area (Å²) in [5.74, 6) is 0. The van der Waals surface area contributed by atoms with E-state index >= 15 is 0 Å². The number of fused-ring (bicyclic) bond motifs is 18. The Hall–Kier alpha value is -15.2. The van der Waals surface area contributed by atoms with Crippen LogP contribution in [0.25, 0.3) is 232 Å². The molecular weight excluding hydrogens is 1390 g/mol. The van der Waals surface area contributed by atoms with E-state index in [9.17, 15) is 0 Å². The zero-order chi connectivity index (χ0) is 74.6. The van der Waals surface area contributed by atoms with Gasteiger partial charge in [-0.1, -0.05) is 285 Å². The number of para-hydroxylation sites is 8. The van der Waals surface area contributed by atoms with Gasteiger partial charge in [-0.15, -0.1) is 0 Å². The molecule has 0 saturated heterocycles. The van der Waals surface area contributed by atoms with Crippen molar-refractivity contribution >= 4 is 131 Å². The first-order valence-electron chi connectivity index (χ1n) is 39.1. The fourth-order valence-electron chi connectivity index (χ4n) is 19.0. The first-order chi connectivity index (χ1) is 56.6. The van der Waals surface area contributed by atoms with Crippen LogP contribution in [0.5, 0.6) is 0 Å². The standard InChI is InChI=1S/C108H66N4O2/c1-3-25-67(26-4-1)68-27-20-32-75(62-68)79-57-60-99(108-105(79)90-42-12-18-52-102(90)114-108)112-94-48-15-7-37-81(94)84-55-53-74(66-100(84)112)73-54-58-96-91(65-73)83-39-9-13-46-92(83)109(96)78-36-22-31-72(64-78)70-29-19-28-69(61-70)71-30-21-33-76(63-71)80-56-59-98(107-104(80)89-41-11-17-51-101(89)113-107)111-95-49-16-10-40-88(95)103-85(43-24-50-97(103)111)87-45-23-44-86-82-38-8-14-47-93(82)110(106(86)87)77-34-5-2-6-35-77/h1-66H. The molecule has 24 aromatic rings. The van der Waals surface area contributed by atoms with Crippen molar-refractivity contribution in [2.75, 3.05) is 0 Å². The van der Waals surface area contributed by atoms with Crippen molar-refractivity contribution < 1.29 is 8.83 Å². The van der Waals surface area contributed by atoms with Gasteiger partial charge in [0.05, 0.1) is 55.5 Å². The number of hydrogen-bond acceptors (Lipinski definition) is 2. The van der Waals surface area contributed by atoms with Gasteiger partial charge in [-0.3, -0.25) is 0 Å². The molecule has 0 N–H and O–H groups in total. The lowest BCUT2D eigenvalue weighted by Crippen LogP contribution is -1.96. The molecule has 0 aliphatic heterocycles. The molecule has 6 aromatic heterocycles. The van der Waals surface area contributed by atoms with Crippen molar-refractivity contribution in [2.24, 2.45) is 0 Å². The molecule has 530 valence electrons. The normalized spacial score (nSPS) is 12.0. The molecule has 0 atom stereocenters. The molecule has 0 spiro atoms. The molecule has 18 aromatic carbocycles. The maximum atomic E-state index is 7.17. The quantitative estimate of drug-likeness (QED) is 0.130. The van der Waals surface area contributed by atoms with Crippen molar-refractivity contribution in [1.82, 2.24) is 18.3 Å². The minimum Gasteiger partial charge on any atom is -0.454 e. The highest BCUT2D eigenvalue weighted by atomic mass is 16.3. The van der Waals surface area contributed by atoms with Gasteiger partial charge in [-0.25, -0.2) is 0 Å². The van der Waals surface area contributed by atoms with Crippen LogP contribution in [-0.4, -0.2) is 18.3 Å². The van der Waals surface area contributed by atoms with Crippen LogP contribution in [0, 0.1) is 0 Å². The Morgan fingerprint density at radius 1 is 0.167 bits per heavy atom. The molecule has 0 amide bonds. The van der Waals surface area contributed by atoms with E-state index in [2.05, 4.69) is 419 Å². The van der Waals surface area contributed by atoms with Crippen LogP contribution < -0.4 is 0 Å². The summed E-state index contributed by atoms with van der Waals surface area (Å²) >= 11 is 0. The second-order valence-corrected chi connectivity index (χ2v) is 30.1. The third kappa shape index (κ3) is 9.68. The van der Waals surface area contributed by atoms with Crippen molar-refractivity contribution in [1.29, 1.82) is 0 Å². The number of benzene rings is 18. The summed E-state index contributed by atoms with van der Waals surface area (Å²) in [5.41, 5.74) is 32.8. The summed E-state index contributed by atoms with van der Waals surface area (Å²) < 4.78 is 23.9. The Labute approximate surface area is 655 Å². The van der Waals surface area contributed by atoms with E-state index in [4.69, 9.17) is 8.83 Å². The molecular formula is C108H66N4O2. The lowest BCUT2D eigenvalue weighted by molar-refractivity contribution is 0.666. The molecule has 6 heteroatoms. The Balaban J connectivity index is 0.583. The zero-order valence-electron chi connectivity index (χ0n) is 61.7. The maximum Gasteiger partial charge on any atom is 0.160 e.